The average molecular weight is 345 g/mol. The Labute approximate surface area is 135 Å². The number of nitrogens with zero attached hydrogens (tertiary/aromatic N) is 1. The molecule has 1 aromatic carbocycles. The van der Waals surface area contributed by atoms with Gasteiger partial charge in [0, 0.05) is 31.7 Å². The van der Waals surface area contributed by atoms with Crippen LogP contribution in [0.2, 0.25) is 0 Å². The molecule has 0 aromatic heterocycles. The van der Waals surface area contributed by atoms with Crippen LogP contribution in [-0.4, -0.2) is 49.7 Å². The smallest absolute Gasteiger partial charge is 0.258 e. The van der Waals surface area contributed by atoms with Crippen molar-refractivity contribution in [1.82, 2.24) is 10.2 Å². The third-order valence-electron chi connectivity index (χ3n) is 3.35. The Bertz CT molecular complexity index is 433. The molecule has 1 atom stereocenters. The number of ether oxygens (including phenoxy) is 1. The van der Waals surface area contributed by atoms with Crippen molar-refractivity contribution in [3.63, 3.8) is 0 Å². The maximum atomic E-state index is 13.4. The van der Waals surface area contributed by atoms with Gasteiger partial charge in [-0.1, -0.05) is 12.1 Å². The van der Waals surface area contributed by atoms with E-state index < -0.39 is 12.5 Å². The van der Waals surface area contributed by atoms with E-state index in [1.807, 2.05) is 0 Å². The fourth-order valence-corrected chi connectivity index (χ4v) is 2.39. The van der Waals surface area contributed by atoms with Crippen molar-refractivity contribution in [2.24, 2.45) is 0 Å². The van der Waals surface area contributed by atoms with Crippen molar-refractivity contribution in [3.8, 4) is 11.5 Å². The van der Waals surface area contributed by atoms with Gasteiger partial charge in [0.25, 0.3) is 6.43 Å². The van der Waals surface area contributed by atoms with E-state index in [1.54, 1.807) is 17.0 Å². The summed E-state index contributed by atoms with van der Waals surface area (Å²) in [7, 11) is 1.40. The van der Waals surface area contributed by atoms with Gasteiger partial charge in [-0.15, -0.1) is 24.8 Å². The summed E-state index contributed by atoms with van der Waals surface area (Å²) >= 11 is 0. The van der Waals surface area contributed by atoms with Crippen LogP contribution >= 0.6 is 24.8 Å². The number of hydrogen-bond acceptors (Lipinski definition) is 4. The Balaban J connectivity index is 0.00000200. The minimum Gasteiger partial charge on any atom is -0.504 e. The van der Waals surface area contributed by atoms with Crippen molar-refractivity contribution in [3.05, 3.63) is 23.8 Å². The first-order valence-electron chi connectivity index (χ1n) is 6.24. The Morgan fingerprint density at radius 2 is 1.86 bits per heavy atom. The number of alkyl halides is 2. The first kappa shape index (κ1) is 20.2. The van der Waals surface area contributed by atoms with E-state index in [2.05, 4.69) is 5.32 Å². The lowest BCUT2D eigenvalue weighted by Gasteiger charge is -2.35. The molecule has 2 N–H and O–H groups in total. The van der Waals surface area contributed by atoms with E-state index in [0.29, 0.717) is 26.2 Å². The molecular formula is C13H20Cl2F2N2O2. The number of phenols is 1. The maximum Gasteiger partial charge on any atom is 0.258 e. The van der Waals surface area contributed by atoms with Gasteiger partial charge in [0.2, 0.25) is 0 Å². The minimum atomic E-state index is -2.56. The molecule has 8 heteroatoms. The number of piperazine rings is 1. The summed E-state index contributed by atoms with van der Waals surface area (Å²) in [5, 5.41) is 13.2. The van der Waals surface area contributed by atoms with Crippen molar-refractivity contribution in [1.29, 1.82) is 0 Å². The molecule has 0 saturated carbocycles. The summed E-state index contributed by atoms with van der Waals surface area (Å²) in [6.07, 6.45) is -2.56. The molecule has 1 aliphatic rings. The van der Waals surface area contributed by atoms with Gasteiger partial charge in [-0.2, -0.15) is 0 Å². The zero-order valence-corrected chi connectivity index (χ0v) is 13.2. The fourth-order valence-electron chi connectivity index (χ4n) is 2.39. The summed E-state index contributed by atoms with van der Waals surface area (Å²) in [5.74, 6) is 0.0205. The van der Waals surface area contributed by atoms with Gasteiger partial charge in [0.05, 0.1) is 7.11 Å². The highest BCUT2D eigenvalue weighted by atomic mass is 35.5. The Kier molecular flexibility index (Phi) is 8.89. The summed E-state index contributed by atoms with van der Waals surface area (Å²) in [4.78, 5) is 1.69. The molecule has 1 fully saturated rings. The number of methoxy groups -OCH3 is 1. The van der Waals surface area contributed by atoms with Gasteiger partial charge in [-0.05, 0) is 6.07 Å². The first-order chi connectivity index (χ1) is 9.15. The van der Waals surface area contributed by atoms with E-state index in [-0.39, 0.29) is 41.9 Å². The lowest BCUT2D eigenvalue weighted by Crippen LogP contribution is -2.46. The zero-order chi connectivity index (χ0) is 13.8. The van der Waals surface area contributed by atoms with Gasteiger partial charge in [-0.3, -0.25) is 4.90 Å². The number of phenolic OH excluding ortho intramolecular Hbond substituents is 1. The number of halogens is 4. The standard InChI is InChI=1S/C13H18F2N2O2.2ClH/c1-19-10-4-2-3-9(12(10)18)11(13(14)15)17-7-5-16-6-8-17;;/h2-4,11,13,16,18H,5-8H2,1H3;2*1H/t11-;;/m0../s1. The average Bonchev–Trinajstić information content (AvgIpc) is 2.42. The molecular weight excluding hydrogens is 325 g/mol. The molecule has 21 heavy (non-hydrogen) atoms. The van der Waals surface area contributed by atoms with Gasteiger partial charge < -0.3 is 15.2 Å². The van der Waals surface area contributed by atoms with Gasteiger partial charge >= 0.3 is 0 Å². The van der Waals surface area contributed by atoms with Crippen LogP contribution in [0.15, 0.2) is 18.2 Å². The van der Waals surface area contributed by atoms with E-state index in [1.165, 1.54) is 13.2 Å². The normalized spacial score (nSPS) is 16.8. The Morgan fingerprint density at radius 1 is 1.24 bits per heavy atom. The minimum absolute atomic E-state index is 0. The molecule has 2 rings (SSSR count). The first-order valence-corrected chi connectivity index (χ1v) is 6.24. The van der Waals surface area contributed by atoms with Gasteiger partial charge in [0.15, 0.2) is 11.5 Å². The van der Waals surface area contributed by atoms with Crippen LogP contribution in [0.5, 0.6) is 11.5 Å². The predicted octanol–water partition coefficient (Wildman–Crippen LogP) is 2.46. The summed E-state index contributed by atoms with van der Waals surface area (Å²) in [6.45, 7) is 2.42. The topological polar surface area (TPSA) is 44.7 Å². The Hall–Kier alpha value is -0.820. The number of benzene rings is 1. The second-order valence-electron chi connectivity index (χ2n) is 4.46. The third-order valence-corrected chi connectivity index (χ3v) is 3.35. The van der Waals surface area contributed by atoms with Crippen molar-refractivity contribution < 1.29 is 18.6 Å². The molecule has 0 bridgehead atoms. The molecule has 0 radical (unpaired) electrons. The lowest BCUT2D eigenvalue weighted by atomic mass is 10.0. The van der Waals surface area contributed by atoms with Gasteiger partial charge in [0.1, 0.15) is 6.04 Å². The zero-order valence-electron chi connectivity index (χ0n) is 11.6. The SMILES string of the molecule is COc1cccc([C@@H](C(F)F)N2CCNCC2)c1O.Cl.Cl. The van der Waals surface area contributed by atoms with Gasteiger partial charge in [-0.25, -0.2) is 8.78 Å². The molecule has 122 valence electrons. The second kappa shape index (κ2) is 9.25. The van der Waals surface area contributed by atoms with Crippen LogP contribution in [0.4, 0.5) is 8.78 Å². The van der Waals surface area contributed by atoms with Crippen LogP contribution in [0.1, 0.15) is 11.6 Å². The van der Waals surface area contributed by atoms with E-state index in [4.69, 9.17) is 4.74 Å². The molecule has 0 aliphatic carbocycles. The second-order valence-corrected chi connectivity index (χ2v) is 4.46. The maximum absolute atomic E-state index is 13.4. The number of hydrogen-bond donors (Lipinski definition) is 2. The molecule has 4 nitrogen and oxygen atoms in total. The molecule has 1 aromatic rings. The fraction of sp³-hybridized carbons (Fsp3) is 0.538. The van der Waals surface area contributed by atoms with Crippen LogP contribution in [0.3, 0.4) is 0 Å². The highest BCUT2D eigenvalue weighted by Gasteiger charge is 2.32. The number of rotatable bonds is 4. The molecule has 0 spiro atoms. The number of aromatic hydroxyl groups is 1. The van der Waals surface area contributed by atoms with Crippen LogP contribution in [0, 0.1) is 0 Å². The summed E-state index contributed by atoms with van der Waals surface area (Å²) < 4.78 is 31.7. The number of nitrogens with one attached hydrogen (secondary N) is 1. The molecule has 0 amide bonds. The molecule has 1 aliphatic heterocycles. The molecule has 1 heterocycles. The molecule has 1 saturated heterocycles. The highest BCUT2D eigenvalue weighted by molar-refractivity contribution is 5.85. The van der Waals surface area contributed by atoms with Crippen LogP contribution in [-0.2, 0) is 0 Å². The van der Waals surface area contributed by atoms with E-state index in [0.717, 1.165) is 0 Å². The summed E-state index contributed by atoms with van der Waals surface area (Å²) in [5.41, 5.74) is 0.219. The van der Waals surface area contributed by atoms with Crippen LogP contribution < -0.4 is 10.1 Å². The summed E-state index contributed by atoms with van der Waals surface area (Å²) in [6, 6.07) is 3.60. The quantitative estimate of drug-likeness (QED) is 0.880. The van der Waals surface area contributed by atoms with E-state index >= 15 is 0 Å². The lowest BCUT2D eigenvalue weighted by molar-refractivity contribution is 0.0169. The van der Waals surface area contributed by atoms with Crippen molar-refractivity contribution >= 4 is 24.8 Å². The monoisotopic (exact) mass is 344 g/mol. The Morgan fingerprint density at radius 3 is 2.38 bits per heavy atom. The van der Waals surface area contributed by atoms with Crippen molar-refractivity contribution in [2.45, 2.75) is 12.5 Å². The van der Waals surface area contributed by atoms with Crippen molar-refractivity contribution in [2.75, 3.05) is 33.3 Å². The number of para-hydroxylation sites is 1. The largest absolute Gasteiger partial charge is 0.504 e. The third kappa shape index (κ3) is 4.57. The predicted molar refractivity (Wildman–Crippen MR) is 82.3 cm³/mol. The van der Waals surface area contributed by atoms with E-state index in [9.17, 15) is 13.9 Å². The highest BCUT2D eigenvalue weighted by Crippen LogP contribution is 2.38. The molecule has 0 unspecified atom stereocenters. The van der Waals surface area contributed by atoms with Crippen LogP contribution in [0.25, 0.3) is 0 Å².